The maximum Gasteiger partial charge on any atom is 0.0633 e. The molecule has 0 aliphatic rings. The molecule has 0 saturated carbocycles. The highest BCUT2D eigenvalue weighted by molar-refractivity contribution is 5.63. The second-order valence-electron chi connectivity index (χ2n) is 7.74. The molecule has 4 N–H and O–H groups in total. The minimum Gasteiger partial charge on any atom is -0.394 e. The number of aryl methyl sites for hydroxylation is 2. The maximum atomic E-state index is 9.21. The van der Waals surface area contributed by atoms with E-state index in [9.17, 15) is 10.2 Å². The molecule has 0 unspecified atom stereocenters. The predicted octanol–water partition coefficient (Wildman–Crippen LogP) is 4.48. The summed E-state index contributed by atoms with van der Waals surface area (Å²) in [4.78, 5) is 0. The average Bonchev–Trinajstić information content (AvgIpc) is 2.72. The summed E-state index contributed by atoms with van der Waals surface area (Å²) in [5.74, 6) is 0. The first kappa shape index (κ1) is 21.6. The second-order valence-corrected chi connectivity index (χ2v) is 7.74. The van der Waals surface area contributed by atoms with E-state index in [1.165, 1.54) is 35.1 Å². The lowest BCUT2D eigenvalue weighted by atomic mass is 9.94. The SMILES string of the molecule is CCCCc1ccc(-c2ccc(CCCCCC(N)(CO)CO)cc2)cc1. The lowest BCUT2D eigenvalue weighted by Gasteiger charge is -2.24. The van der Waals surface area contributed by atoms with Crippen molar-refractivity contribution in [2.24, 2.45) is 5.73 Å². The van der Waals surface area contributed by atoms with Gasteiger partial charge in [-0.3, -0.25) is 0 Å². The molecule has 27 heavy (non-hydrogen) atoms. The zero-order chi connectivity index (χ0) is 19.5. The van der Waals surface area contributed by atoms with E-state index in [4.69, 9.17) is 5.73 Å². The number of nitrogens with two attached hydrogens (primary N) is 1. The van der Waals surface area contributed by atoms with Gasteiger partial charge in [-0.2, -0.15) is 0 Å². The van der Waals surface area contributed by atoms with Gasteiger partial charge in [0.2, 0.25) is 0 Å². The lowest BCUT2D eigenvalue weighted by molar-refractivity contribution is 0.112. The summed E-state index contributed by atoms with van der Waals surface area (Å²) in [5.41, 5.74) is 10.4. The van der Waals surface area contributed by atoms with E-state index < -0.39 is 5.54 Å². The van der Waals surface area contributed by atoms with E-state index in [1.807, 2.05) is 0 Å². The Kier molecular flexibility index (Phi) is 8.99. The van der Waals surface area contributed by atoms with Gasteiger partial charge >= 0.3 is 0 Å². The smallest absolute Gasteiger partial charge is 0.0633 e. The van der Waals surface area contributed by atoms with Crippen LogP contribution in [0.3, 0.4) is 0 Å². The van der Waals surface area contributed by atoms with Gasteiger partial charge in [0.25, 0.3) is 0 Å². The summed E-state index contributed by atoms with van der Waals surface area (Å²) in [5, 5.41) is 18.4. The Hall–Kier alpha value is -1.68. The van der Waals surface area contributed by atoms with E-state index in [-0.39, 0.29) is 13.2 Å². The predicted molar refractivity (Wildman–Crippen MR) is 114 cm³/mol. The number of hydrogen-bond donors (Lipinski definition) is 3. The molecule has 0 saturated heterocycles. The van der Waals surface area contributed by atoms with Gasteiger partial charge in [0.1, 0.15) is 0 Å². The molecule has 0 fully saturated rings. The zero-order valence-electron chi connectivity index (χ0n) is 16.7. The van der Waals surface area contributed by atoms with Crippen LogP contribution in [0, 0.1) is 0 Å². The van der Waals surface area contributed by atoms with E-state index in [0.717, 1.165) is 32.1 Å². The normalized spacial score (nSPS) is 11.7. The zero-order valence-corrected chi connectivity index (χ0v) is 16.7. The standard InChI is InChI=1S/C24H35NO2/c1-2-3-7-20-9-13-22(14-10-20)23-15-11-21(12-16-23)8-5-4-6-17-24(25,18-26)19-27/h9-16,26-27H,2-8,17-19,25H2,1H3. The van der Waals surface area contributed by atoms with Crippen LogP contribution in [0.15, 0.2) is 48.5 Å². The van der Waals surface area contributed by atoms with Crippen molar-refractivity contribution in [3.63, 3.8) is 0 Å². The lowest BCUT2D eigenvalue weighted by Crippen LogP contribution is -2.47. The highest BCUT2D eigenvalue weighted by Crippen LogP contribution is 2.22. The quantitative estimate of drug-likeness (QED) is 0.483. The molecule has 148 valence electrons. The van der Waals surface area contributed by atoms with Crippen molar-refractivity contribution in [1.29, 1.82) is 0 Å². The Balaban J connectivity index is 1.78. The number of hydrogen-bond acceptors (Lipinski definition) is 3. The highest BCUT2D eigenvalue weighted by atomic mass is 16.3. The third-order valence-electron chi connectivity index (χ3n) is 5.33. The summed E-state index contributed by atoms with van der Waals surface area (Å²) in [6.07, 6.45) is 8.44. The average molecular weight is 370 g/mol. The molecule has 0 aliphatic carbocycles. The molecular weight excluding hydrogens is 334 g/mol. The number of unbranched alkanes of at least 4 members (excludes halogenated alkanes) is 3. The van der Waals surface area contributed by atoms with Crippen LogP contribution in [-0.4, -0.2) is 29.0 Å². The minimum atomic E-state index is -0.826. The van der Waals surface area contributed by atoms with Crippen LogP contribution in [0.5, 0.6) is 0 Å². The molecule has 0 radical (unpaired) electrons. The van der Waals surface area contributed by atoms with Crippen LogP contribution < -0.4 is 5.73 Å². The molecule has 0 heterocycles. The number of aliphatic hydroxyl groups is 2. The first-order valence-electron chi connectivity index (χ1n) is 10.3. The van der Waals surface area contributed by atoms with Crippen molar-refractivity contribution in [3.8, 4) is 11.1 Å². The van der Waals surface area contributed by atoms with E-state index in [1.54, 1.807) is 0 Å². The number of rotatable bonds is 12. The van der Waals surface area contributed by atoms with Crippen molar-refractivity contribution in [2.75, 3.05) is 13.2 Å². The molecule has 2 aromatic carbocycles. The van der Waals surface area contributed by atoms with Gasteiger partial charge < -0.3 is 15.9 Å². The van der Waals surface area contributed by atoms with Gasteiger partial charge in [0, 0.05) is 0 Å². The van der Waals surface area contributed by atoms with Gasteiger partial charge in [-0.05, 0) is 54.4 Å². The molecule has 0 aliphatic heterocycles. The molecule has 3 heteroatoms. The van der Waals surface area contributed by atoms with E-state index in [2.05, 4.69) is 55.5 Å². The first-order valence-corrected chi connectivity index (χ1v) is 10.3. The van der Waals surface area contributed by atoms with Crippen LogP contribution in [0.1, 0.15) is 56.6 Å². The van der Waals surface area contributed by atoms with Gasteiger partial charge in [-0.25, -0.2) is 0 Å². The molecule has 0 amide bonds. The van der Waals surface area contributed by atoms with Crippen molar-refractivity contribution in [3.05, 3.63) is 59.7 Å². The summed E-state index contributed by atoms with van der Waals surface area (Å²) in [6, 6.07) is 17.8. The largest absolute Gasteiger partial charge is 0.394 e. The minimum absolute atomic E-state index is 0.162. The maximum absolute atomic E-state index is 9.21. The Morgan fingerprint density at radius 2 is 1.19 bits per heavy atom. The van der Waals surface area contributed by atoms with Crippen molar-refractivity contribution >= 4 is 0 Å². The van der Waals surface area contributed by atoms with Crippen LogP contribution >= 0.6 is 0 Å². The van der Waals surface area contributed by atoms with Gasteiger partial charge in [-0.1, -0.05) is 74.7 Å². The fourth-order valence-electron chi connectivity index (χ4n) is 3.30. The van der Waals surface area contributed by atoms with Crippen molar-refractivity contribution in [2.45, 2.75) is 63.8 Å². The summed E-state index contributed by atoms with van der Waals surface area (Å²) < 4.78 is 0. The molecule has 3 nitrogen and oxygen atoms in total. The summed E-state index contributed by atoms with van der Waals surface area (Å²) >= 11 is 0. The Morgan fingerprint density at radius 3 is 1.63 bits per heavy atom. The molecule has 0 spiro atoms. The highest BCUT2D eigenvalue weighted by Gasteiger charge is 2.21. The summed E-state index contributed by atoms with van der Waals surface area (Å²) in [6.45, 7) is 1.90. The Labute approximate surface area is 164 Å². The Morgan fingerprint density at radius 1 is 0.704 bits per heavy atom. The summed E-state index contributed by atoms with van der Waals surface area (Å²) in [7, 11) is 0. The van der Waals surface area contributed by atoms with Crippen LogP contribution in [0.25, 0.3) is 11.1 Å². The number of benzene rings is 2. The molecule has 0 atom stereocenters. The third kappa shape index (κ3) is 7.10. The van der Waals surface area contributed by atoms with Crippen molar-refractivity contribution < 1.29 is 10.2 Å². The van der Waals surface area contributed by atoms with Crippen LogP contribution in [0.4, 0.5) is 0 Å². The molecule has 2 aromatic rings. The van der Waals surface area contributed by atoms with Crippen molar-refractivity contribution in [1.82, 2.24) is 0 Å². The molecule has 2 rings (SSSR count). The monoisotopic (exact) mass is 369 g/mol. The third-order valence-corrected chi connectivity index (χ3v) is 5.33. The van der Waals surface area contributed by atoms with Gasteiger partial charge in [0.15, 0.2) is 0 Å². The fourth-order valence-corrected chi connectivity index (χ4v) is 3.30. The Bertz CT molecular complexity index is 645. The van der Waals surface area contributed by atoms with Crippen LogP contribution in [-0.2, 0) is 12.8 Å². The van der Waals surface area contributed by atoms with E-state index >= 15 is 0 Å². The van der Waals surface area contributed by atoms with Gasteiger partial charge in [-0.15, -0.1) is 0 Å². The first-order chi connectivity index (χ1) is 13.1. The fraction of sp³-hybridized carbons (Fsp3) is 0.500. The number of aliphatic hydroxyl groups excluding tert-OH is 2. The van der Waals surface area contributed by atoms with Gasteiger partial charge in [0.05, 0.1) is 18.8 Å². The molecular formula is C24H35NO2. The molecule has 0 bridgehead atoms. The second kappa shape index (κ2) is 11.2. The molecule has 0 aromatic heterocycles. The van der Waals surface area contributed by atoms with Crippen LogP contribution in [0.2, 0.25) is 0 Å². The van der Waals surface area contributed by atoms with E-state index in [0.29, 0.717) is 6.42 Å². The topological polar surface area (TPSA) is 66.5 Å².